The number of aryl methyl sites for hydroxylation is 1. The van der Waals surface area contributed by atoms with E-state index in [0.717, 1.165) is 10.5 Å². The van der Waals surface area contributed by atoms with Crippen molar-refractivity contribution in [3.05, 3.63) is 102 Å². The second-order valence-corrected chi connectivity index (χ2v) is 7.65. The molecule has 0 unspecified atom stereocenters. The van der Waals surface area contributed by atoms with E-state index in [1.165, 1.54) is 6.26 Å². The number of amides is 1. The van der Waals surface area contributed by atoms with E-state index in [9.17, 15) is 9.59 Å². The molecule has 2 aromatic heterocycles. The molecule has 0 aliphatic rings. The number of nitrogens with zero attached hydrogens (tertiary/aromatic N) is 2. The molecular weight excluding hydrogens is 398 g/mol. The summed E-state index contributed by atoms with van der Waals surface area (Å²) < 4.78 is 7.09. The molecule has 0 spiro atoms. The number of benzene rings is 2. The monoisotopic (exact) mass is 417 g/mol. The van der Waals surface area contributed by atoms with Crippen molar-refractivity contribution in [1.82, 2.24) is 9.55 Å². The van der Waals surface area contributed by atoms with E-state index in [1.807, 2.05) is 30.3 Å². The SMILES string of the molecule is Cn1ccnc1C(=O)c1ccc(NC(=O)c2occc2CSc2ccccc2)cc1. The molecule has 4 aromatic rings. The number of nitrogens with one attached hydrogen (secondary N) is 1. The molecule has 0 aliphatic carbocycles. The lowest BCUT2D eigenvalue weighted by Gasteiger charge is -2.07. The van der Waals surface area contributed by atoms with Gasteiger partial charge in [-0.05, 0) is 42.5 Å². The standard InChI is InChI=1S/C23H19N3O3S/c1-26-13-12-24-22(26)20(27)16-7-9-18(10-8-16)25-23(28)21-17(11-14-29-21)15-30-19-5-3-2-4-6-19/h2-14H,15H2,1H3,(H,25,28). The maximum absolute atomic E-state index is 12.7. The van der Waals surface area contributed by atoms with Crippen molar-refractivity contribution in [1.29, 1.82) is 0 Å². The van der Waals surface area contributed by atoms with Crippen LogP contribution in [0.15, 0.2) is 88.6 Å². The molecule has 2 aromatic carbocycles. The Kier molecular flexibility index (Phi) is 5.81. The van der Waals surface area contributed by atoms with Gasteiger partial charge < -0.3 is 14.3 Å². The number of rotatable bonds is 7. The van der Waals surface area contributed by atoms with Gasteiger partial charge in [0.05, 0.1) is 6.26 Å². The van der Waals surface area contributed by atoms with E-state index in [-0.39, 0.29) is 17.5 Å². The summed E-state index contributed by atoms with van der Waals surface area (Å²) in [6.07, 6.45) is 4.82. The Morgan fingerprint density at radius 3 is 2.53 bits per heavy atom. The van der Waals surface area contributed by atoms with Gasteiger partial charge in [-0.15, -0.1) is 11.8 Å². The van der Waals surface area contributed by atoms with Crippen LogP contribution in [0.4, 0.5) is 5.69 Å². The van der Waals surface area contributed by atoms with Crippen LogP contribution in [0.5, 0.6) is 0 Å². The van der Waals surface area contributed by atoms with Crippen molar-refractivity contribution in [3.8, 4) is 0 Å². The number of carbonyl (C=O) groups is 2. The Morgan fingerprint density at radius 2 is 1.83 bits per heavy atom. The molecule has 150 valence electrons. The van der Waals surface area contributed by atoms with E-state index in [4.69, 9.17) is 4.42 Å². The van der Waals surface area contributed by atoms with Crippen LogP contribution in [0.3, 0.4) is 0 Å². The lowest BCUT2D eigenvalue weighted by Crippen LogP contribution is -2.13. The molecule has 1 amide bonds. The molecule has 6 nitrogen and oxygen atoms in total. The van der Waals surface area contributed by atoms with E-state index in [2.05, 4.69) is 10.3 Å². The average Bonchev–Trinajstić information content (AvgIpc) is 3.42. The number of aromatic nitrogens is 2. The van der Waals surface area contributed by atoms with Gasteiger partial charge in [0.1, 0.15) is 0 Å². The third kappa shape index (κ3) is 4.36. The van der Waals surface area contributed by atoms with Crippen molar-refractivity contribution in [2.24, 2.45) is 7.05 Å². The average molecular weight is 417 g/mol. The van der Waals surface area contributed by atoms with Gasteiger partial charge in [0.25, 0.3) is 5.91 Å². The van der Waals surface area contributed by atoms with Gasteiger partial charge in [-0.1, -0.05) is 18.2 Å². The number of carbonyl (C=O) groups excluding carboxylic acids is 2. The van der Waals surface area contributed by atoms with Crippen molar-refractivity contribution < 1.29 is 14.0 Å². The molecule has 0 saturated carbocycles. The van der Waals surface area contributed by atoms with E-state index < -0.39 is 0 Å². The van der Waals surface area contributed by atoms with Crippen LogP contribution in [0.1, 0.15) is 32.3 Å². The molecule has 1 N–H and O–H groups in total. The van der Waals surface area contributed by atoms with Gasteiger partial charge in [0.2, 0.25) is 5.78 Å². The highest BCUT2D eigenvalue weighted by Gasteiger charge is 2.17. The van der Waals surface area contributed by atoms with Crippen LogP contribution < -0.4 is 5.32 Å². The molecular formula is C23H19N3O3S. The van der Waals surface area contributed by atoms with Crippen LogP contribution in [-0.4, -0.2) is 21.2 Å². The maximum Gasteiger partial charge on any atom is 0.291 e. The van der Waals surface area contributed by atoms with Crippen LogP contribution in [-0.2, 0) is 12.8 Å². The molecule has 0 fully saturated rings. The number of furan rings is 1. The molecule has 0 atom stereocenters. The molecule has 0 saturated heterocycles. The van der Waals surface area contributed by atoms with Gasteiger partial charge in [-0.25, -0.2) is 4.98 Å². The first-order valence-corrected chi connectivity index (χ1v) is 10.3. The fourth-order valence-electron chi connectivity index (χ4n) is 2.93. The molecule has 30 heavy (non-hydrogen) atoms. The molecule has 0 bridgehead atoms. The summed E-state index contributed by atoms with van der Waals surface area (Å²) in [4.78, 5) is 30.4. The topological polar surface area (TPSA) is 77.1 Å². The van der Waals surface area contributed by atoms with E-state index in [0.29, 0.717) is 22.8 Å². The van der Waals surface area contributed by atoms with Crippen LogP contribution >= 0.6 is 11.8 Å². The summed E-state index contributed by atoms with van der Waals surface area (Å²) in [5.74, 6) is 0.772. The summed E-state index contributed by atoms with van der Waals surface area (Å²) in [6, 6.07) is 18.5. The summed E-state index contributed by atoms with van der Waals surface area (Å²) in [5.41, 5.74) is 1.90. The van der Waals surface area contributed by atoms with Crippen LogP contribution in [0, 0.1) is 0 Å². The first kappa shape index (κ1) is 19.7. The zero-order valence-electron chi connectivity index (χ0n) is 16.2. The van der Waals surface area contributed by atoms with Gasteiger partial charge in [0.15, 0.2) is 11.6 Å². The maximum atomic E-state index is 12.7. The number of ketones is 1. The van der Waals surface area contributed by atoms with Gasteiger partial charge in [-0.2, -0.15) is 0 Å². The molecule has 7 heteroatoms. The fourth-order valence-corrected chi connectivity index (χ4v) is 3.83. The van der Waals surface area contributed by atoms with Crippen molar-refractivity contribution in [2.75, 3.05) is 5.32 Å². The Hall–Kier alpha value is -3.58. The van der Waals surface area contributed by atoms with Crippen LogP contribution in [0.2, 0.25) is 0 Å². The number of thioether (sulfide) groups is 1. The molecule has 4 rings (SSSR count). The van der Waals surface area contributed by atoms with E-state index in [1.54, 1.807) is 66.1 Å². The zero-order valence-corrected chi connectivity index (χ0v) is 17.1. The summed E-state index contributed by atoms with van der Waals surface area (Å²) in [5, 5.41) is 2.82. The Labute approximate surface area is 177 Å². The van der Waals surface area contributed by atoms with Crippen molar-refractivity contribution >= 4 is 29.1 Å². The minimum atomic E-state index is -0.327. The third-order valence-corrected chi connectivity index (χ3v) is 5.58. The summed E-state index contributed by atoms with van der Waals surface area (Å²) in [6.45, 7) is 0. The summed E-state index contributed by atoms with van der Waals surface area (Å²) >= 11 is 1.64. The predicted molar refractivity (Wildman–Crippen MR) is 116 cm³/mol. The highest BCUT2D eigenvalue weighted by atomic mass is 32.2. The lowest BCUT2D eigenvalue weighted by atomic mass is 10.1. The van der Waals surface area contributed by atoms with E-state index >= 15 is 0 Å². The third-order valence-electron chi connectivity index (χ3n) is 4.52. The Balaban J connectivity index is 1.41. The number of anilines is 1. The largest absolute Gasteiger partial charge is 0.459 e. The van der Waals surface area contributed by atoms with Crippen molar-refractivity contribution in [3.63, 3.8) is 0 Å². The quantitative estimate of drug-likeness (QED) is 0.346. The smallest absolute Gasteiger partial charge is 0.291 e. The Morgan fingerprint density at radius 1 is 1.07 bits per heavy atom. The van der Waals surface area contributed by atoms with Gasteiger partial charge >= 0.3 is 0 Å². The minimum absolute atomic E-state index is 0.174. The summed E-state index contributed by atoms with van der Waals surface area (Å²) in [7, 11) is 1.77. The van der Waals surface area contributed by atoms with Crippen molar-refractivity contribution in [2.45, 2.75) is 10.6 Å². The Bertz CT molecular complexity index is 1160. The number of hydrogen-bond donors (Lipinski definition) is 1. The fraction of sp³-hybridized carbons (Fsp3) is 0.0870. The highest BCUT2D eigenvalue weighted by molar-refractivity contribution is 7.98. The second-order valence-electron chi connectivity index (χ2n) is 6.60. The highest BCUT2D eigenvalue weighted by Crippen LogP contribution is 2.25. The second kappa shape index (κ2) is 8.84. The first-order chi connectivity index (χ1) is 14.6. The van der Waals surface area contributed by atoms with Crippen LogP contribution in [0.25, 0.3) is 0 Å². The first-order valence-electron chi connectivity index (χ1n) is 9.29. The minimum Gasteiger partial charge on any atom is -0.459 e. The molecule has 0 aliphatic heterocycles. The lowest BCUT2D eigenvalue weighted by molar-refractivity contribution is 0.0994. The number of imidazole rings is 1. The normalized spacial score (nSPS) is 10.7. The zero-order chi connectivity index (χ0) is 20.9. The molecule has 0 radical (unpaired) electrons. The van der Waals surface area contributed by atoms with Gasteiger partial charge in [-0.3, -0.25) is 9.59 Å². The number of hydrogen-bond acceptors (Lipinski definition) is 5. The predicted octanol–water partition coefficient (Wildman–Crippen LogP) is 4.79. The van der Waals surface area contributed by atoms with Gasteiger partial charge in [0, 0.05) is 46.9 Å². The molecule has 2 heterocycles.